The van der Waals surface area contributed by atoms with Gasteiger partial charge in [-0.15, -0.1) is 12.4 Å². The van der Waals surface area contributed by atoms with Gasteiger partial charge in [0.2, 0.25) is 10.0 Å². The van der Waals surface area contributed by atoms with Gasteiger partial charge < -0.3 is 10.1 Å². The third-order valence-corrected chi connectivity index (χ3v) is 6.01. The van der Waals surface area contributed by atoms with Crippen LogP contribution in [-0.4, -0.2) is 53.1 Å². The molecule has 1 N–H and O–H groups in total. The number of nitrogens with one attached hydrogen (secondary N) is 1. The summed E-state index contributed by atoms with van der Waals surface area (Å²) in [6.45, 7) is 2.73. The molecule has 1 fully saturated rings. The van der Waals surface area contributed by atoms with Gasteiger partial charge in [-0.05, 0) is 56.5 Å². The molecule has 0 aromatic heterocycles. The number of methoxy groups -OCH3 is 1. The summed E-state index contributed by atoms with van der Waals surface area (Å²) < 4.78 is 32.2. The fourth-order valence-electron chi connectivity index (χ4n) is 2.90. The van der Waals surface area contributed by atoms with Crippen LogP contribution in [0, 0.1) is 5.92 Å². The van der Waals surface area contributed by atoms with Crippen LogP contribution in [0.25, 0.3) is 0 Å². The molecular formula is C16H27ClN2O3S. The summed E-state index contributed by atoms with van der Waals surface area (Å²) in [6.07, 6.45) is 2.81. The Morgan fingerprint density at radius 1 is 1.30 bits per heavy atom. The lowest BCUT2D eigenvalue weighted by atomic mass is 10.00. The summed E-state index contributed by atoms with van der Waals surface area (Å²) in [5.74, 6) is 0.398. The minimum absolute atomic E-state index is 0. The Hall–Kier alpha value is -0.660. The molecule has 0 radical (unpaired) electrons. The maximum atomic E-state index is 12.7. The SMILES string of the molecule is CNCC1CCCN(S(=O)(=O)c2ccc(CCOC)cc2)C1.Cl. The molecule has 1 unspecified atom stereocenters. The lowest BCUT2D eigenvalue weighted by Crippen LogP contribution is -2.42. The average molecular weight is 363 g/mol. The van der Waals surface area contributed by atoms with Gasteiger partial charge in [-0.1, -0.05) is 12.1 Å². The first-order chi connectivity index (χ1) is 10.6. The summed E-state index contributed by atoms with van der Waals surface area (Å²) in [4.78, 5) is 0.388. The Labute approximate surface area is 145 Å². The van der Waals surface area contributed by atoms with Crippen LogP contribution in [0.4, 0.5) is 0 Å². The first kappa shape index (κ1) is 20.4. The number of rotatable bonds is 7. The minimum Gasteiger partial charge on any atom is -0.384 e. The molecule has 7 heteroatoms. The largest absolute Gasteiger partial charge is 0.384 e. The van der Waals surface area contributed by atoms with Gasteiger partial charge in [0.15, 0.2) is 0 Å². The molecule has 0 bridgehead atoms. The van der Waals surface area contributed by atoms with Crippen molar-refractivity contribution in [1.82, 2.24) is 9.62 Å². The van der Waals surface area contributed by atoms with Crippen LogP contribution in [0.15, 0.2) is 29.2 Å². The van der Waals surface area contributed by atoms with Gasteiger partial charge in [-0.25, -0.2) is 8.42 Å². The van der Waals surface area contributed by atoms with E-state index in [1.54, 1.807) is 23.5 Å². The number of nitrogens with zero attached hydrogens (tertiary/aromatic N) is 1. The van der Waals surface area contributed by atoms with Gasteiger partial charge in [0.05, 0.1) is 11.5 Å². The summed E-state index contributed by atoms with van der Waals surface area (Å²) >= 11 is 0. The summed E-state index contributed by atoms with van der Waals surface area (Å²) in [7, 11) is 0.196. The number of piperidine rings is 1. The molecule has 1 aromatic carbocycles. The van der Waals surface area contributed by atoms with Crippen LogP contribution in [0.2, 0.25) is 0 Å². The summed E-state index contributed by atoms with van der Waals surface area (Å²) in [5, 5.41) is 3.14. The van der Waals surface area contributed by atoms with E-state index in [4.69, 9.17) is 4.74 Å². The molecule has 1 aliphatic heterocycles. The van der Waals surface area contributed by atoms with Crippen molar-refractivity contribution in [2.45, 2.75) is 24.2 Å². The Bertz CT molecular complexity index is 561. The topological polar surface area (TPSA) is 58.6 Å². The van der Waals surface area contributed by atoms with E-state index in [-0.39, 0.29) is 12.4 Å². The monoisotopic (exact) mass is 362 g/mol. The van der Waals surface area contributed by atoms with Crippen molar-refractivity contribution in [3.8, 4) is 0 Å². The number of halogens is 1. The maximum absolute atomic E-state index is 12.7. The summed E-state index contributed by atoms with van der Waals surface area (Å²) in [6, 6.07) is 7.17. The highest BCUT2D eigenvalue weighted by molar-refractivity contribution is 7.89. The van der Waals surface area contributed by atoms with Crippen molar-refractivity contribution in [2.24, 2.45) is 5.92 Å². The van der Waals surface area contributed by atoms with E-state index in [1.807, 2.05) is 19.2 Å². The van der Waals surface area contributed by atoms with Crippen LogP contribution < -0.4 is 5.32 Å². The predicted molar refractivity (Wildman–Crippen MR) is 94.7 cm³/mol. The van der Waals surface area contributed by atoms with Crippen molar-refractivity contribution >= 4 is 22.4 Å². The van der Waals surface area contributed by atoms with Crippen LogP contribution >= 0.6 is 12.4 Å². The highest BCUT2D eigenvalue weighted by Gasteiger charge is 2.29. The molecule has 132 valence electrons. The van der Waals surface area contributed by atoms with Crippen LogP contribution in [-0.2, 0) is 21.2 Å². The van der Waals surface area contributed by atoms with Gasteiger partial charge in [-0.3, -0.25) is 0 Å². The lowest BCUT2D eigenvalue weighted by molar-refractivity contribution is 0.202. The van der Waals surface area contributed by atoms with Crippen molar-refractivity contribution in [3.05, 3.63) is 29.8 Å². The second-order valence-corrected chi connectivity index (χ2v) is 7.75. The van der Waals surface area contributed by atoms with Gasteiger partial charge in [0, 0.05) is 20.2 Å². The standard InChI is InChI=1S/C16H26N2O3S.ClH/c1-17-12-15-4-3-10-18(13-15)22(19,20)16-7-5-14(6-8-16)9-11-21-2;/h5-8,15,17H,3-4,9-13H2,1-2H3;1H. The molecule has 1 heterocycles. The predicted octanol–water partition coefficient (Wildman–Crippen LogP) is 1.92. The minimum atomic E-state index is -3.38. The number of hydrogen-bond acceptors (Lipinski definition) is 4. The fourth-order valence-corrected chi connectivity index (χ4v) is 4.45. The molecule has 0 spiro atoms. The Kier molecular flexibility index (Phi) is 8.50. The van der Waals surface area contributed by atoms with Gasteiger partial charge in [-0.2, -0.15) is 4.31 Å². The van der Waals surface area contributed by atoms with Crippen molar-refractivity contribution in [1.29, 1.82) is 0 Å². The first-order valence-corrected chi connectivity index (χ1v) is 9.24. The molecule has 0 amide bonds. The molecule has 0 saturated carbocycles. The lowest BCUT2D eigenvalue weighted by Gasteiger charge is -2.31. The maximum Gasteiger partial charge on any atom is 0.243 e. The zero-order chi connectivity index (χ0) is 16.0. The molecule has 1 aliphatic rings. The highest BCUT2D eigenvalue weighted by Crippen LogP contribution is 2.23. The molecular weight excluding hydrogens is 336 g/mol. The second-order valence-electron chi connectivity index (χ2n) is 5.82. The van der Waals surface area contributed by atoms with Crippen molar-refractivity contribution in [3.63, 3.8) is 0 Å². The molecule has 2 rings (SSSR count). The number of sulfonamides is 1. The smallest absolute Gasteiger partial charge is 0.243 e. The van der Waals surface area contributed by atoms with E-state index < -0.39 is 10.0 Å². The zero-order valence-corrected chi connectivity index (χ0v) is 15.5. The van der Waals surface area contributed by atoms with E-state index in [9.17, 15) is 8.42 Å². The normalized spacial score (nSPS) is 19.3. The van der Waals surface area contributed by atoms with Crippen LogP contribution in [0.3, 0.4) is 0 Å². The number of benzene rings is 1. The Morgan fingerprint density at radius 3 is 2.61 bits per heavy atom. The third-order valence-electron chi connectivity index (χ3n) is 4.13. The molecule has 23 heavy (non-hydrogen) atoms. The van der Waals surface area contributed by atoms with Gasteiger partial charge >= 0.3 is 0 Å². The van der Waals surface area contributed by atoms with Crippen molar-refractivity contribution < 1.29 is 13.2 Å². The Balaban J connectivity index is 0.00000264. The van der Waals surface area contributed by atoms with E-state index >= 15 is 0 Å². The van der Waals surface area contributed by atoms with E-state index in [1.165, 1.54) is 0 Å². The van der Waals surface area contributed by atoms with E-state index in [2.05, 4.69) is 5.32 Å². The number of ether oxygens (including phenoxy) is 1. The number of hydrogen-bond donors (Lipinski definition) is 1. The third kappa shape index (κ3) is 5.43. The molecule has 1 atom stereocenters. The second kappa shape index (κ2) is 9.59. The van der Waals surface area contributed by atoms with Crippen LogP contribution in [0.5, 0.6) is 0 Å². The average Bonchev–Trinajstić information content (AvgIpc) is 2.54. The fraction of sp³-hybridized carbons (Fsp3) is 0.625. The quantitative estimate of drug-likeness (QED) is 0.805. The molecule has 1 aromatic rings. The molecule has 0 aliphatic carbocycles. The van der Waals surface area contributed by atoms with Gasteiger partial charge in [0.1, 0.15) is 0 Å². The zero-order valence-electron chi connectivity index (χ0n) is 13.8. The van der Waals surface area contributed by atoms with Crippen LogP contribution in [0.1, 0.15) is 18.4 Å². The first-order valence-electron chi connectivity index (χ1n) is 7.80. The van der Waals surface area contributed by atoms with E-state index in [0.29, 0.717) is 30.5 Å². The Morgan fingerprint density at radius 2 is 2.00 bits per heavy atom. The van der Waals surface area contributed by atoms with Gasteiger partial charge in [0.25, 0.3) is 0 Å². The summed E-state index contributed by atoms with van der Waals surface area (Å²) in [5.41, 5.74) is 1.09. The van der Waals surface area contributed by atoms with Crippen molar-refractivity contribution in [2.75, 3.05) is 40.4 Å². The highest BCUT2D eigenvalue weighted by atomic mass is 35.5. The molecule has 5 nitrogen and oxygen atoms in total. The molecule has 1 saturated heterocycles. The van der Waals surface area contributed by atoms with E-state index in [0.717, 1.165) is 31.4 Å².